The van der Waals surface area contributed by atoms with Crippen molar-refractivity contribution in [1.29, 1.82) is 0 Å². The SMILES string of the molecule is Cc1cccc(COc2cccc(NC(=O)c3cn(C4CCNCC4)nn3)c2)c1. The summed E-state index contributed by atoms with van der Waals surface area (Å²) in [5.41, 5.74) is 3.28. The lowest BCUT2D eigenvalue weighted by Crippen LogP contribution is -2.29. The molecule has 0 unspecified atom stereocenters. The third-order valence-electron chi connectivity index (χ3n) is 5.01. The van der Waals surface area contributed by atoms with E-state index in [1.165, 1.54) is 5.56 Å². The van der Waals surface area contributed by atoms with Crippen LogP contribution in [0.15, 0.2) is 54.7 Å². The summed E-state index contributed by atoms with van der Waals surface area (Å²) in [6.45, 7) is 4.45. The van der Waals surface area contributed by atoms with E-state index in [9.17, 15) is 4.79 Å². The zero-order valence-corrected chi connectivity index (χ0v) is 16.5. The summed E-state index contributed by atoms with van der Waals surface area (Å²) in [5.74, 6) is 0.420. The van der Waals surface area contributed by atoms with Crippen molar-refractivity contribution in [2.45, 2.75) is 32.4 Å². The van der Waals surface area contributed by atoms with Crippen LogP contribution in [-0.2, 0) is 6.61 Å². The van der Waals surface area contributed by atoms with Gasteiger partial charge >= 0.3 is 0 Å². The monoisotopic (exact) mass is 391 g/mol. The third-order valence-corrected chi connectivity index (χ3v) is 5.01. The molecule has 4 rings (SSSR count). The molecular weight excluding hydrogens is 366 g/mol. The second-order valence-electron chi connectivity index (χ2n) is 7.32. The number of amides is 1. The van der Waals surface area contributed by atoms with Crippen molar-refractivity contribution in [3.63, 3.8) is 0 Å². The highest BCUT2D eigenvalue weighted by atomic mass is 16.5. The summed E-state index contributed by atoms with van der Waals surface area (Å²) in [4.78, 5) is 12.6. The lowest BCUT2D eigenvalue weighted by atomic mass is 10.1. The van der Waals surface area contributed by atoms with Gasteiger partial charge in [-0.15, -0.1) is 5.10 Å². The summed E-state index contributed by atoms with van der Waals surface area (Å²) in [5, 5.41) is 14.4. The highest BCUT2D eigenvalue weighted by Gasteiger charge is 2.18. The number of rotatable bonds is 6. The Labute approximate surface area is 170 Å². The predicted octanol–water partition coefficient (Wildman–Crippen LogP) is 3.34. The van der Waals surface area contributed by atoms with E-state index in [1.807, 2.05) is 36.4 Å². The van der Waals surface area contributed by atoms with Gasteiger partial charge in [-0.2, -0.15) is 0 Å². The van der Waals surface area contributed by atoms with Crippen LogP contribution in [0.3, 0.4) is 0 Å². The van der Waals surface area contributed by atoms with Gasteiger partial charge < -0.3 is 15.4 Å². The molecule has 0 atom stereocenters. The van der Waals surface area contributed by atoms with E-state index in [1.54, 1.807) is 10.9 Å². The van der Waals surface area contributed by atoms with Gasteiger partial charge in [-0.25, -0.2) is 4.68 Å². The van der Waals surface area contributed by atoms with Crippen molar-refractivity contribution < 1.29 is 9.53 Å². The summed E-state index contributed by atoms with van der Waals surface area (Å²) in [6, 6.07) is 15.9. The molecule has 7 heteroatoms. The van der Waals surface area contributed by atoms with Crippen molar-refractivity contribution >= 4 is 11.6 Å². The number of hydrogen-bond donors (Lipinski definition) is 2. The van der Waals surface area contributed by atoms with E-state index in [0.29, 0.717) is 29.8 Å². The van der Waals surface area contributed by atoms with Crippen LogP contribution in [0.5, 0.6) is 5.75 Å². The van der Waals surface area contributed by atoms with Gasteiger partial charge in [0.15, 0.2) is 5.69 Å². The Morgan fingerprint density at radius 3 is 2.86 bits per heavy atom. The summed E-state index contributed by atoms with van der Waals surface area (Å²) >= 11 is 0. The maximum atomic E-state index is 12.6. The zero-order chi connectivity index (χ0) is 20.1. The van der Waals surface area contributed by atoms with Gasteiger partial charge in [0, 0.05) is 11.8 Å². The molecule has 0 radical (unpaired) electrons. The third kappa shape index (κ3) is 5.00. The number of nitrogens with zero attached hydrogens (tertiary/aromatic N) is 3. The van der Waals surface area contributed by atoms with Gasteiger partial charge in [-0.3, -0.25) is 4.79 Å². The summed E-state index contributed by atoms with van der Waals surface area (Å²) in [7, 11) is 0. The minimum atomic E-state index is -0.277. The first kappa shape index (κ1) is 19.1. The van der Waals surface area contributed by atoms with Crippen molar-refractivity contribution in [3.05, 3.63) is 71.5 Å². The topological polar surface area (TPSA) is 81.1 Å². The number of benzene rings is 2. The van der Waals surface area contributed by atoms with Crippen LogP contribution in [0.25, 0.3) is 0 Å². The van der Waals surface area contributed by atoms with Gasteiger partial charge in [0.1, 0.15) is 12.4 Å². The maximum Gasteiger partial charge on any atom is 0.277 e. The normalized spacial score (nSPS) is 14.5. The molecule has 1 aliphatic rings. The fraction of sp³-hybridized carbons (Fsp3) is 0.318. The molecule has 2 N–H and O–H groups in total. The lowest BCUT2D eigenvalue weighted by molar-refractivity contribution is 0.102. The first-order chi connectivity index (χ1) is 14.2. The second kappa shape index (κ2) is 8.87. The highest BCUT2D eigenvalue weighted by molar-refractivity contribution is 6.02. The molecule has 0 bridgehead atoms. The average Bonchev–Trinajstić information content (AvgIpc) is 3.24. The number of hydrogen-bond acceptors (Lipinski definition) is 5. The van der Waals surface area contributed by atoms with E-state index in [4.69, 9.17) is 4.74 Å². The van der Waals surface area contributed by atoms with Crippen LogP contribution in [0.4, 0.5) is 5.69 Å². The quantitative estimate of drug-likeness (QED) is 0.674. The first-order valence-corrected chi connectivity index (χ1v) is 9.90. The number of carbonyl (C=O) groups is 1. The fourth-order valence-corrected chi connectivity index (χ4v) is 3.46. The highest BCUT2D eigenvalue weighted by Crippen LogP contribution is 2.20. The number of anilines is 1. The zero-order valence-electron chi connectivity index (χ0n) is 16.5. The van der Waals surface area contributed by atoms with E-state index < -0.39 is 0 Å². The largest absolute Gasteiger partial charge is 0.489 e. The lowest BCUT2D eigenvalue weighted by Gasteiger charge is -2.22. The fourth-order valence-electron chi connectivity index (χ4n) is 3.46. The minimum Gasteiger partial charge on any atom is -0.489 e. The Hall–Kier alpha value is -3.19. The Morgan fingerprint density at radius 1 is 1.21 bits per heavy atom. The standard InChI is InChI=1S/C22H25N5O2/c1-16-4-2-5-17(12-16)15-29-20-7-3-6-18(13-20)24-22(28)21-14-27(26-25-21)19-8-10-23-11-9-19/h2-7,12-14,19,23H,8-11,15H2,1H3,(H,24,28). The molecule has 0 spiro atoms. The number of carbonyl (C=O) groups excluding carboxylic acids is 1. The number of piperidine rings is 1. The molecule has 0 aliphatic carbocycles. The van der Waals surface area contributed by atoms with Crippen LogP contribution < -0.4 is 15.4 Å². The molecular formula is C22H25N5O2. The summed E-state index contributed by atoms with van der Waals surface area (Å²) in [6.07, 6.45) is 3.71. The molecule has 0 saturated carbocycles. The Balaban J connectivity index is 1.37. The van der Waals surface area contributed by atoms with Gasteiger partial charge in [0.2, 0.25) is 0 Å². The van der Waals surface area contributed by atoms with Crippen molar-refractivity contribution in [3.8, 4) is 5.75 Å². The molecule has 1 fully saturated rings. The first-order valence-electron chi connectivity index (χ1n) is 9.90. The number of aromatic nitrogens is 3. The molecule has 150 valence electrons. The molecule has 1 aliphatic heterocycles. The van der Waals surface area contributed by atoms with E-state index in [0.717, 1.165) is 31.5 Å². The van der Waals surface area contributed by atoms with E-state index in [2.05, 4.69) is 40.0 Å². The van der Waals surface area contributed by atoms with E-state index in [-0.39, 0.29) is 5.91 Å². The van der Waals surface area contributed by atoms with E-state index >= 15 is 0 Å². The molecule has 1 amide bonds. The average molecular weight is 391 g/mol. The molecule has 2 heterocycles. The molecule has 1 aromatic heterocycles. The molecule has 2 aromatic carbocycles. The van der Waals surface area contributed by atoms with Crippen molar-refractivity contribution in [1.82, 2.24) is 20.3 Å². The van der Waals surface area contributed by atoms with Crippen molar-refractivity contribution in [2.75, 3.05) is 18.4 Å². The Bertz CT molecular complexity index is 979. The Kier molecular flexibility index (Phi) is 5.86. The molecule has 29 heavy (non-hydrogen) atoms. The minimum absolute atomic E-state index is 0.277. The molecule has 1 saturated heterocycles. The van der Waals surface area contributed by atoms with Gasteiger partial charge in [-0.05, 0) is 50.6 Å². The van der Waals surface area contributed by atoms with Crippen LogP contribution in [0.1, 0.15) is 40.5 Å². The van der Waals surface area contributed by atoms with Gasteiger partial charge in [0.05, 0.1) is 12.2 Å². The van der Waals surface area contributed by atoms with Crippen LogP contribution in [-0.4, -0.2) is 34.0 Å². The number of ether oxygens (including phenoxy) is 1. The second-order valence-corrected chi connectivity index (χ2v) is 7.32. The molecule has 7 nitrogen and oxygen atoms in total. The smallest absolute Gasteiger partial charge is 0.277 e. The maximum absolute atomic E-state index is 12.6. The molecule has 3 aromatic rings. The van der Waals surface area contributed by atoms with Crippen LogP contribution in [0, 0.1) is 6.92 Å². The number of aryl methyl sites for hydroxylation is 1. The van der Waals surface area contributed by atoms with Crippen LogP contribution >= 0.6 is 0 Å². The Morgan fingerprint density at radius 2 is 2.03 bits per heavy atom. The number of nitrogens with one attached hydrogen (secondary N) is 2. The van der Waals surface area contributed by atoms with Crippen LogP contribution in [0.2, 0.25) is 0 Å². The predicted molar refractivity (Wildman–Crippen MR) is 111 cm³/mol. The van der Waals surface area contributed by atoms with Gasteiger partial charge in [0.25, 0.3) is 5.91 Å². The summed E-state index contributed by atoms with van der Waals surface area (Å²) < 4.78 is 7.67. The van der Waals surface area contributed by atoms with Gasteiger partial charge in [-0.1, -0.05) is 41.1 Å². The van der Waals surface area contributed by atoms with Crippen molar-refractivity contribution in [2.24, 2.45) is 0 Å².